The molecule has 15 heavy (non-hydrogen) atoms. The average Bonchev–Trinajstić information content (AvgIpc) is 2.58. The predicted octanol–water partition coefficient (Wildman–Crippen LogP) is 1.80. The number of nitrogen functional groups attached to an aromatic ring is 1. The summed E-state index contributed by atoms with van der Waals surface area (Å²) >= 11 is 0. The van der Waals surface area contributed by atoms with E-state index >= 15 is 0 Å². The van der Waals surface area contributed by atoms with Gasteiger partial charge in [0.15, 0.2) is 0 Å². The first-order valence-corrected chi connectivity index (χ1v) is 4.57. The summed E-state index contributed by atoms with van der Waals surface area (Å²) in [6, 6.07) is 3.58. The van der Waals surface area contributed by atoms with Crippen LogP contribution in [0.25, 0.3) is 0 Å². The Hall–Kier alpha value is -2.04. The first-order chi connectivity index (χ1) is 7.15. The quantitative estimate of drug-likeness (QED) is 0.781. The van der Waals surface area contributed by atoms with Gasteiger partial charge in [0.1, 0.15) is 0 Å². The molecular weight excluding hydrogens is 192 g/mol. The third-order valence-electron chi connectivity index (χ3n) is 2.02. The van der Waals surface area contributed by atoms with Gasteiger partial charge in [-0.25, -0.2) is 4.98 Å². The Morgan fingerprint density at radius 2 is 2.07 bits per heavy atom. The zero-order valence-electron chi connectivity index (χ0n) is 8.61. The molecule has 2 aromatic rings. The lowest BCUT2D eigenvalue weighted by molar-refractivity contribution is 0.443. The van der Waals surface area contributed by atoms with E-state index in [-0.39, 0.29) is 0 Å². The predicted molar refractivity (Wildman–Crippen MR) is 56.8 cm³/mol. The molecule has 3 N–H and O–H groups in total. The van der Waals surface area contributed by atoms with Crippen LogP contribution < -0.4 is 10.5 Å². The van der Waals surface area contributed by atoms with Gasteiger partial charge in [0.2, 0.25) is 11.8 Å². The first kappa shape index (κ1) is 9.51. The highest BCUT2D eigenvalue weighted by molar-refractivity contribution is 5.45. The molecule has 0 aromatic carbocycles. The largest absolute Gasteiger partial charge is 0.419 e. The number of hydrogen-bond acceptors (Lipinski definition) is 4. The van der Waals surface area contributed by atoms with Gasteiger partial charge < -0.3 is 10.5 Å². The molecule has 0 radical (unpaired) electrons. The third kappa shape index (κ3) is 2.07. The fourth-order valence-electron chi connectivity index (χ4n) is 1.15. The minimum atomic E-state index is 0.494. The lowest BCUT2D eigenvalue weighted by Crippen LogP contribution is -1.94. The van der Waals surface area contributed by atoms with Gasteiger partial charge in [-0.15, -0.1) is 5.10 Å². The van der Waals surface area contributed by atoms with E-state index in [0.717, 1.165) is 11.3 Å². The number of anilines is 1. The van der Waals surface area contributed by atoms with E-state index < -0.39 is 0 Å². The molecule has 0 amide bonds. The van der Waals surface area contributed by atoms with E-state index in [4.69, 9.17) is 10.5 Å². The molecule has 78 valence electrons. The highest BCUT2D eigenvalue weighted by Crippen LogP contribution is 2.20. The molecule has 2 aromatic heterocycles. The number of nitrogens with one attached hydrogen (secondary N) is 1. The Labute approximate surface area is 87.3 Å². The third-order valence-corrected chi connectivity index (χ3v) is 2.02. The maximum absolute atomic E-state index is 5.65. The van der Waals surface area contributed by atoms with Crippen LogP contribution in [0.2, 0.25) is 0 Å². The Morgan fingerprint density at radius 3 is 2.67 bits per heavy atom. The molecule has 5 heteroatoms. The normalized spacial score (nSPS) is 10.3. The number of pyridine rings is 1. The van der Waals surface area contributed by atoms with E-state index in [1.54, 1.807) is 18.3 Å². The van der Waals surface area contributed by atoms with Gasteiger partial charge in [-0.3, -0.25) is 5.10 Å². The van der Waals surface area contributed by atoms with Crippen LogP contribution in [0.1, 0.15) is 11.3 Å². The van der Waals surface area contributed by atoms with Gasteiger partial charge in [0.05, 0.1) is 11.9 Å². The Kier molecular flexibility index (Phi) is 2.29. The van der Waals surface area contributed by atoms with Crippen molar-refractivity contribution in [3.63, 3.8) is 0 Å². The number of hydrogen-bond donors (Lipinski definition) is 2. The summed E-state index contributed by atoms with van der Waals surface area (Å²) in [7, 11) is 0. The van der Waals surface area contributed by atoms with Gasteiger partial charge in [-0.05, 0) is 19.4 Å². The summed E-state index contributed by atoms with van der Waals surface area (Å²) in [5.41, 5.74) is 8.18. The number of ether oxygens (including phenoxy) is 1. The van der Waals surface area contributed by atoms with Gasteiger partial charge in [0.25, 0.3) is 0 Å². The summed E-state index contributed by atoms with van der Waals surface area (Å²) < 4.78 is 5.43. The minimum absolute atomic E-state index is 0.494. The van der Waals surface area contributed by atoms with E-state index in [9.17, 15) is 0 Å². The maximum atomic E-state index is 5.65. The van der Waals surface area contributed by atoms with E-state index in [1.807, 2.05) is 13.8 Å². The second-order valence-electron chi connectivity index (χ2n) is 3.37. The van der Waals surface area contributed by atoms with Crippen molar-refractivity contribution in [3.8, 4) is 11.8 Å². The van der Waals surface area contributed by atoms with Crippen molar-refractivity contribution in [1.29, 1.82) is 0 Å². The zero-order chi connectivity index (χ0) is 10.8. The molecule has 2 heterocycles. The summed E-state index contributed by atoms with van der Waals surface area (Å²) in [5, 5.41) is 6.73. The van der Waals surface area contributed by atoms with Crippen LogP contribution in [0.4, 0.5) is 5.69 Å². The maximum Gasteiger partial charge on any atom is 0.240 e. The smallest absolute Gasteiger partial charge is 0.240 e. The van der Waals surface area contributed by atoms with E-state index in [2.05, 4.69) is 15.2 Å². The van der Waals surface area contributed by atoms with E-state index in [0.29, 0.717) is 17.4 Å². The van der Waals surface area contributed by atoms with Crippen molar-refractivity contribution in [2.45, 2.75) is 13.8 Å². The summed E-state index contributed by atoms with van der Waals surface area (Å²) in [4.78, 5) is 4.04. The number of rotatable bonds is 2. The van der Waals surface area contributed by atoms with Crippen molar-refractivity contribution in [2.24, 2.45) is 0 Å². The van der Waals surface area contributed by atoms with Crippen molar-refractivity contribution >= 4 is 5.69 Å². The van der Waals surface area contributed by atoms with Crippen molar-refractivity contribution in [3.05, 3.63) is 29.6 Å². The van der Waals surface area contributed by atoms with Gasteiger partial charge in [-0.2, -0.15) is 0 Å². The van der Waals surface area contributed by atoms with Crippen LogP contribution in [0.5, 0.6) is 11.8 Å². The van der Waals surface area contributed by atoms with Crippen LogP contribution in [0, 0.1) is 13.8 Å². The van der Waals surface area contributed by atoms with Crippen LogP contribution in [-0.4, -0.2) is 15.2 Å². The summed E-state index contributed by atoms with van der Waals surface area (Å²) in [6.45, 7) is 3.81. The molecule has 0 saturated heterocycles. The highest BCUT2D eigenvalue weighted by atomic mass is 16.5. The number of aromatic nitrogens is 3. The van der Waals surface area contributed by atoms with Crippen LogP contribution >= 0.6 is 0 Å². The minimum Gasteiger partial charge on any atom is -0.419 e. The molecule has 5 nitrogen and oxygen atoms in total. The Bertz CT molecular complexity index is 478. The molecule has 0 bridgehead atoms. The van der Waals surface area contributed by atoms with Crippen LogP contribution in [0.15, 0.2) is 18.3 Å². The van der Waals surface area contributed by atoms with E-state index in [1.165, 1.54) is 0 Å². The molecule has 0 fully saturated rings. The van der Waals surface area contributed by atoms with Gasteiger partial charge >= 0.3 is 0 Å². The van der Waals surface area contributed by atoms with Crippen molar-refractivity contribution in [2.75, 3.05) is 5.73 Å². The highest BCUT2D eigenvalue weighted by Gasteiger charge is 2.03. The van der Waals surface area contributed by atoms with Gasteiger partial charge in [0, 0.05) is 17.8 Å². The molecule has 0 atom stereocenters. The molecule has 0 spiro atoms. The van der Waals surface area contributed by atoms with Crippen LogP contribution in [0.3, 0.4) is 0 Å². The van der Waals surface area contributed by atoms with Gasteiger partial charge in [-0.1, -0.05) is 0 Å². The number of H-pyrrole nitrogens is 1. The SMILES string of the molecule is Cc1cc(Oc2cc(C)c(N)cn2)n[nH]1. The summed E-state index contributed by atoms with van der Waals surface area (Å²) in [5.74, 6) is 0.998. The first-order valence-electron chi connectivity index (χ1n) is 4.57. The topological polar surface area (TPSA) is 76.8 Å². The Morgan fingerprint density at radius 1 is 1.27 bits per heavy atom. The monoisotopic (exact) mass is 204 g/mol. The molecule has 0 unspecified atom stereocenters. The molecule has 0 saturated carbocycles. The average molecular weight is 204 g/mol. The molecule has 0 aliphatic rings. The number of nitrogens with two attached hydrogens (primary N) is 1. The Balaban J connectivity index is 2.21. The summed E-state index contributed by atoms with van der Waals surface area (Å²) in [6.07, 6.45) is 1.57. The van der Waals surface area contributed by atoms with Crippen molar-refractivity contribution in [1.82, 2.24) is 15.2 Å². The fraction of sp³-hybridized carbons (Fsp3) is 0.200. The van der Waals surface area contributed by atoms with Crippen molar-refractivity contribution < 1.29 is 4.74 Å². The second kappa shape index (κ2) is 3.61. The second-order valence-corrected chi connectivity index (χ2v) is 3.37. The van der Waals surface area contributed by atoms with Crippen LogP contribution in [-0.2, 0) is 0 Å². The molecule has 0 aliphatic heterocycles. The number of aromatic amines is 1. The fourth-order valence-corrected chi connectivity index (χ4v) is 1.15. The molecular formula is C10H12N4O. The number of aryl methyl sites for hydroxylation is 2. The zero-order valence-corrected chi connectivity index (χ0v) is 8.61. The number of nitrogens with zero attached hydrogens (tertiary/aromatic N) is 2. The molecule has 2 rings (SSSR count). The lowest BCUT2D eigenvalue weighted by Gasteiger charge is -2.03. The standard InChI is InChI=1S/C10H12N4O/c1-6-3-9(12-5-8(6)11)15-10-4-7(2)13-14-10/h3-5H,11H2,1-2H3,(H,13,14). The molecule has 0 aliphatic carbocycles. The lowest BCUT2D eigenvalue weighted by atomic mass is 10.2.